The van der Waals surface area contributed by atoms with Crippen LogP contribution in [0.4, 0.5) is 10.5 Å². The molecule has 1 spiro atoms. The summed E-state index contributed by atoms with van der Waals surface area (Å²) in [5.41, 5.74) is 0.119. The number of anilines is 1. The van der Waals surface area contributed by atoms with Gasteiger partial charge in [0.15, 0.2) is 11.1 Å². The van der Waals surface area contributed by atoms with Crippen molar-refractivity contribution < 1.29 is 28.4 Å². The van der Waals surface area contributed by atoms with E-state index in [1.165, 1.54) is 0 Å². The van der Waals surface area contributed by atoms with Crippen LogP contribution in [0.15, 0.2) is 28.8 Å². The average Bonchev–Trinajstić information content (AvgIpc) is 3.34. The van der Waals surface area contributed by atoms with Crippen LogP contribution < -0.4 is 20.9 Å². The molecule has 0 aliphatic carbocycles. The fraction of sp³-hybridized carbons (Fsp3) is 0.346. The maximum absolute atomic E-state index is 13.4. The third kappa shape index (κ3) is 3.79. The highest BCUT2D eigenvalue weighted by Gasteiger charge is 2.63. The standard InChI is InChI=1S/C26H22ClN7O6/c1-11-10-34-19-15(7-26(21(34)12(2)39-11)23(36)31-25(38)32-24(26)37)30-17-18(33-40-20(17)16(19)27)22(35)29-9-14-5-3-4-13(6-14)8-28/h3-6,11-12,21H,7,9-10H2,1-2H3,(H,29,35)(H2,31,32,36,37,38). The van der Waals surface area contributed by atoms with Crippen molar-refractivity contribution >= 4 is 52.1 Å². The van der Waals surface area contributed by atoms with Gasteiger partial charge < -0.3 is 19.5 Å². The predicted octanol–water partition coefficient (Wildman–Crippen LogP) is 1.57. The van der Waals surface area contributed by atoms with Gasteiger partial charge in [-0.2, -0.15) is 5.26 Å². The second-order valence-electron chi connectivity index (χ2n) is 10.1. The number of carbonyl (C=O) groups is 4. The molecule has 1 aromatic carbocycles. The Hall–Kier alpha value is -4.54. The summed E-state index contributed by atoms with van der Waals surface area (Å²) in [4.78, 5) is 58.2. The summed E-state index contributed by atoms with van der Waals surface area (Å²) in [7, 11) is 0. The van der Waals surface area contributed by atoms with E-state index in [1.54, 1.807) is 36.1 Å². The van der Waals surface area contributed by atoms with E-state index in [9.17, 15) is 19.2 Å². The van der Waals surface area contributed by atoms with Gasteiger partial charge in [-0.25, -0.2) is 9.78 Å². The minimum atomic E-state index is -1.75. The second-order valence-corrected chi connectivity index (χ2v) is 10.4. The van der Waals surface area contributed by atoms with E-state index < -0.39 is 41.3 Å². The summed E-state index contributed by atoms with van der Waals surface area (Å²) >= 11 is 6.85. The molecule has 0 saturated carbocycles. The smallest absolute Gasteiger partial charge is 0.328 e. The molecule has 14 heteroatoms. The molecule has 3 atom stereocenters. The van der Waals surface area contributed by atoms with E-state index in [0.717, 1.165) is 0 Å². The van der Waals surface area contributed by atoms with Gasteiger partial charge in [0.2, 0.25) is 17.4 Å². The first kappa shape index (κ1) is 25.7. The van der Waals surface area contributed by atoms with Crippen molar-refractivity contribution in [1.82, 2.24) is 26.1 Å². The van der Waals surface area contributed by atoms with Gasteiger partial charge in [0.1, 0.15) is 10.5 Å². The van der Waals surface area contributed by atoms with E-state index in [0.29, 0.717) is 16.8 Å². The van der Waals surface area contributed by atoms with E-state index in [-0.39, 0.29) is 53.1 Å². The van der Waals surface area contributed by atoms with E-state index in [2.05, 4.69) is 26.1 Å². The molecule has 5 amide bonds. The number of amides is 5. The molecule has 2 fully saturated rings. The lowest BCUT2D eigenvalue weighted by atomic mass is 9.67. The van der Waals surface area contributed by atoms with Crippen LogP contribution in [0.3, 0.4) is 0 Å². The van der Waals surface area contributed by atoms with Crippen LogP contribution in [-0.2, 0) is 27.3 Å². The number of rotatable bonds is 3. The Bertz CT molecular complexity index is 1640. The molecule has 2 aromatic heterocycles. The Kier molecular flexibility index (Phi) is 5.97. The highest BCUT2D eigenvalue weighted by molar-refractivity contribution is 6.38. The van der Waals surface area contributed by atoms with Gasteiger partial charge in [0.05, 0.1) is 41.3 Å². The number of nitriles is 1. The van der Waals surface area contributed by atoms with Crippen molar-refractivity contribution in [3.05, 3.63) is 51.8 Å². The first-order chi connectivity index (χ1) is 19.1. The maximum Gasteiger partial charge on any atom is 0.328 e. The maximum atomic E-state index is 13.4. The van der Waals surface area contributed by atoms with Crippen LogP contribution in [0.2, 0.25) is 5.02 Å². The zero-order chi connectivity index (χ0) is 28.3. The van der Waals surface area contributed by atoms with E-state index in [4.69, 9.17) is 26.1 Å². The van der Waals surface area contributed by atoms with Crippen molar-refractivity contribution in [2.24, 2.45) is 5.41 Å². The number of imide groups is 2. The summed E-state index contributed by atoms with van der Waals surface area (Å²) in [5, 5.41) is 20.3. The third-order valence-electron chi connectivity index (χ3n) is 7.50. The van der Waals surface area contributed by atoms with Gasteiger partial charge in [-0.05, 0) is 31.5 Å². The molecular formula is C26H22ClN7O6. The van der Waals surface area contributed by atoms with Crippen molar-refractivity contribution in [2.45, 2.75) is 45.1 Å². The topological polar surface area (TPSA) is 180 Å². The van der Waals surface area contributed by atoms with Gasteiger partial charge in [0, 0.05) is 19.5 Å². The SMILES string of the molecule is CC1CN2c3c(nc4c(C(=O)NCc5cccc(C#N)c5)noc4c3Cl)CC3(C(=O)NC(=O)NC3=O)C2C(C)O1. The molecule has 40 heavy (non-hydrogen) atoms. The van der Waals surface area contributed by atoms with Crippen LogP contribution in [0, 0.1) is 16.7 Å². The van der Waals surface area contributed by atoms with Gasteiger partial charge in [-0.15, -0.1) is 0 Å². The molecule has 3 aromatic rings. The molecule has 3 aliphatic heterocycles. The van der Waals surface area contributed by atoms with Crippen molar-refractivity contribution in [1.29, 1.82) is 5.26 Å². The number of nitrogens with one attached hydrogen (secondary N) is 3. The number of nitrogens with zero attached hydrogens (tertiary/aromatic N) is 4. The minimum Gasteiger partial charge on any atom is -0.372 e. The summed E-state index contributed by atoms with van der Waals surface area (Å²) < 4.78 is 11.5. The first-order valence-electron chi connectivity index (χ1n) is 12.5. The molecule has 3 unspecified atom stereocenters. The van der Waals surface area contributed by atoms with Crippen LogP contribution in [0.5, 0.6) is 0 Å². The number of ether oxygens (including phenoxy) is 1. The number of barbiturate groups is 1. The molecule has 3 aliphatic rings. The van der Waals surface area contributed by atoms with Crippen molar-refractivity contribution in [3.63, 3.8) is 0 Å². The Morgan fingerprint density at radius 2 is 2.02 bits per heavy atom. The zero-order valence-electron chi connectivity index (χ0n) is 21.3. The second kappa shape index (κ2) is 9.29. The Morgan fingerprint density at radius 1 is 1.27 bits per heavy atom. The average molecular weight is 564 g/mol. The number of morpholine rings is 1. The minimum absolute atomic E-state index is 0.0580. The normalized spacial score (nSPS) is 23.2. The van der Waals surface area contributed by atoms with Crippen LogP contribution in [0.1, 0.15) is 41.2 Å². The Labute approximate surface area is 231 Å². The van der Waals surface area contributed by atoms with Gasteiger partial charge >= 0.3 is 6.03 Å². The summed E-state index contributed by atoms with van der Waals surface area (Å²) in [5.74, 6) is -2.14. The quantitative estimate of drug-likeness (QED) is 0.396. The summed E-state index contributed by atoms with van der Waals surface area (Å²) in [6, 6.07) is 7.11. The number of pyridine rings is 1. The molecule has 2 saturated heterocycles. The fourth-order valence-electron chi connectivity index (χ4n) is 5.92. The lowest BCUT2D eigenvalue weighted by Gasteiger charge is -2.55. The van der Waals surface area contributed by atoms with Gasteiger partial charge in [-0.1, -0.05) is 28.9 Å². The Balaban J connectivity index is 1.43. The van der Waals surface area contributed by atoms with Crippen molar-refractivity contribution in [2.75, 3.05) is 11.4 Å². The van der Waals surface area contributed by atoms with Crippen molar-refractivity contribution in [3.8, 4) is 6.07 Å². The molecule has 0 bridgehead atoms. The molecule has 3 N–H and O–H groups in total. The molecule has 0 radical (unpaired) electrons. The molecule has 5 heterocycles. The predicted molar refractivity (Wildman–Crippen MR) is 138 cm³/mol. The monoisotopic (exact) mass is 563 g/mol. The number of fused-ring (bicyclic) bond motifs is 5. The number of hydrogen-bond donors (Lipinski definition) is 3. The largest absolute Gasteiger partial charge is 0.372 e. The number of aromatic nitrogens is 2. The van der Waals surface area contributed by atoms with E-state index >= 15 is 0 Å². The first-order valence-corrected chi connectivity index (χ1v) is 12.9. The number of urea groups is 1. The molecular weight excluding hydrogens is 542 g/mol. The zero-order valence-corrected chi connectivity index (χ0v) is 22.0. The molecule has 204 valence electrons. The fourth-order valence-corrected chi connectivity index (χ4v) is 6.26. The number of carbonyl (C=O) groups excluding carboxylic acids is 4. The van der Waals surface area contributed by atoms with Crippen LogP contribution in [0.25, 0.3) is 11.1 Å². The highest BCUT2D eigenvalue weighted by Crippen LogP contribution is 2.50. The number of benzene rings is 1. The highest BCUT2D eigenvalue weighted by atomic mass is 35.5. The Morgan fingerprint density at radius 3 is 2.75 bits per heavy atom. The lowest BCUT2D eigenvalue weighted by Crippen LogP contribution is -2.75. The number of halogens is 1. The lowest BCUT2D eigenvalue weighted by molar-refractivity contribution is -0.153. The molecule has 6 rings (SSSR count). The molecule has 13 nitrogen and oxygen atoms in total. The van der Waals surface area contributed by atoms with Gasteiger partial charge in [-0.3, -0.25) is 25.0 Å². The van der Waals surface area contributed by atoms with Gasteiger partial charge in [0.25, 0.3) is 5.91 Å². The van der Waals surface area contributed by atoms with Crippen LogP contribution in [-0.4, -0.2) is 58.7 Å². The third-order valence-corrected chi connectivity index (χ3v) is 7.85. The summed E-state index contributed by atoms with van der Waals surface area (Å²) in [6.07, 6.45) is -1.09. The summed E-state index contributed by atoms with van der Waals surface area (Å²) in [6.45, 7) is 3.99. The van der Waals surface area contributed by atoms with E-state index in [1.807, 2.05) is 13.0 Å². The number of hydrogen-bond acceptors (Lipinski definition) is 10. The van der Waals surface area contributed by atoms with Crippen LogP contribution >= 0.6 is 11.6 Å².